The number of hydrogen-bond donors (Lipinski definition) is 0. The molecule has 0 atom stereocenters. The van der Waals surface area contributed by atoms with E-state index in [1.807, 2.05) is 37.3 Å². The van der Waals surface area contributed by atoms with E-state index in [0.717, 1.165) is 11.1 Å². The maximum Gasteiger partial charge on any atom is 0.284 e. The van der Waals surface area contributed by atoms with Crippen LogP contribution in [-0.2, 0) is 10.0 Å². The maximum absolute atomic E-state index is 12.4. The van der Waals surface area contributed by atoms with Gasteiger partial charge in [-0.3, -0.25) is 0 Å². The van der Waals surface area contributed by atoms with Gasteiger partial charge in [-0.1, -0.05) is 48.0 Å². The van der Waals surface area contributed by atoms with Crippen LogP contribution in [0.25, 0.3) is 11.1 Å². The van der Waals surface area contributed by atoms with Gasteiger partial charge in [0, 0.05) is 19.7 Å². The second kappa shape index (κ2) is 6.10. The highest BCUT2D eigenvalue weighted by molar-refractivity contribution is 7.90. The summed E-state index contributed by atoms with van der Waals surface area (Å²) in [6.07, 6.45) is 1.29. The number of aryl methyl sites for hydroxylation is 1. The Balaban J connectivity index is 2.54. The Labute approximate surface area is 125 Å². The summed E-state index contributed by atoms with van der Waals surface area (Å²) in [6.45, 7) is 1.99. The molecule has 4 nitrogen and oxygen atoms in total. The van der Waals surface area contributed by atoms with Crippen molar-refractivity contribution in [3.05, 3.63) is 54.1 Å². The molecule has 0 N–H and O–H groups in total. The fourth-order valence-corrected chi connectivity index (χ4v) is 3.02. The highest BCUT2D eigenvalue weighted by atomic mass is 32.2. The monoisotopic (exact) mass is 302 g/mol. The Morgan fingerprint density at radius 2 is 1.62 bits per heavy atom. The van der Waals surface area contributed by atoms with Crippen LogP contribution in [0.5, 0.6) is 0 Å². The largest absolute Gasteiger partial charge is 0.368 e. The molecule has 0 radical (unpaired) electrons. The van der Waals surface area contributed by atoms with Gasteiger partial charge in [0.1, 0.15) is 6.34 Å². The van der Waals surface area contributed by atoms with Crippen molar-refractivity contribution >= 4 is 16.4 Å². The minimum atomic E-state index is -3.72. The van der Waals surface area contributed by atoms with Gasteiger partial charge in [-0.05, 0) is 18.6 Å². The molecule has 2 rings (SSSR count). The summed E-state index contributed by atoms with van der Waals surface area (Å²) in [5.74, 6) is 0. The molecule has 0 aliphatic carbocycles. The van der Waals surface area contributed by atoms with E-state index in [2.05, 4.69) is 4.40 Å². The molecule has 0 bridgehead atoms. The predicted octanol–water partition coefficient (Wildman–Crippen LogP) is 2.94. The van der Waals surface area contributed by atoms with E-state index in [0.29, 0.717) is 5.56 Å². The van der Waals surface area contributed by atoms with Crippen LogP contribution >= 0.6 is 0 Å². The molecule has 0 spiro atoms. The van der Waals surface area contributed by atoms with Gasteiger partial charge in [0.25, 0.3) is 10.0 Å². The van der Waals surface area contributed by atoms with E-state index in [1.165, 1.54) is 6.34 Å². The number of hydrogen-bond acceptors (Lipinski definition) is 2. The zero-order valence-corrected chi connectivity index (χ0v) is 13.1. The summed E-state index contributed by atoms with van der Waals surface area (Å²) in [4.78, 5) is 1.80. The van der Waals surface area contributed by atoms with Crippen LogP contribution in [0.2, 0.25) is 0 Å². The van der Waals surface area contributed by atoms with E-state index < -0.39 is 10.0 Å². The Bertz CT molecular complexity index is 748. The lowest BCUT2D eigenvalue weighted by Gasteiger charge is -2.09. The smallest absolute Gasteiger partial charge is 0.284 e. The van der Waals surface area contributed by atoms with Gasteiger partial charge in [-0.25, -0.2) is 0 Å². The molecule has 21 heavy (non-hydrogen) atoms. The van der Waals surface area contributed by atoms with E-state index in [4.69, 9.17) is 0 Å². The number of sulfonamides is 1. The van der Waals surface area contributed by atoms with Crippen molar-refractivity contribution in [2.75, 3.05) is 14.1 Å². The summed E-state index contributed by atoms with van der Waals surface area (Å²) in [7, 11) is -0.262. The Morgan fingerprint density at radius 1 is 1.00 bits per heavy atom. The van der Waals surface area contributed by atoms with Gasteiger partial charge in [0.05, 0.1) is 4.90 Å². The van der Waals surface area contributed by atoms with Crippen LogP contribution < -0.4 is 0 Å². The highest BCUT2D eigenvalue weighted by Gasteiger charge is 2.17. The lowest BCUT2D eigenvalue weighted by atomic mass is 10.0. The average molecular weight is 302 g/mol. The van der Waals surface area contributed by atoms with E-state index in [-0.39, 0.29) is 4.90 Å². The molecule has 0 fully saturated rings. The summed E-state index contributed by atoms with van der Waals surface area (Å²) in [5.41, 5.74) is 2.65. The highest BCUT2D eigenvalue weighted by Crippen LogP contribution is 2.28. The molecule has 0 unspecified atom stereocenters. The molecule has 0 heterocycles. The quantitative estimate of drug-likeness (QED) is 0.644. The standard InChI is InChI=1S/C16H18N2O2S/c1-13-8-10-14(11-9-13)15-6-4-5-7-16(15)21(19,20)17-12-18(2)3/h4-12H,1-3H3. The van der Waals surface area contributed by atoms with Crippen molar-refractivity contribution in [1.29, 1.82) is 0 Å². The Hall–Kier alpha value is -2.14. The lowest BCUT2D eigenvalue weighted by molar-refractivity contribution is 0.595. The summed E-state index contributed by atoms with van der Waals surface area (Å²) in [5, 5.41) is 0. The van der Waals surface area contributed by atoms with Crippen molar-refractivity contribution in [1.82, 2.24) is 4.90 Å². The van der Waals surface area contributed by atoms with Crippen LogP contribution in [0, 0.1) is 6.92 Å². The van der Waals surface area contributed by atoms with Crippen molar-refractivity contribution in [2.45, 2.75) is 11.8 Å². The van der Waals surface area contributed by atoms with Crippen molar-refractivity contribution < 1.29 is 8.42 Å². The molecule has 0 aliphatic heterocycles. The van der Waals surface area contributed by atoms with Gasteiger partial charge in [-0.15, -0.1) is 4.40 Å². The molecule has 110 valence electrons. The van der Waals surface area contributed by atoms with Crippen LogP contribution in [0.3, 0.4) is 0 Å². The molecule has 5 heteroatoms. The Morgan fingerprint density at radius 3 is 2.24 bits per heavy atom. The van der Waals surface area contributed by atoms with Crippen molar-refractivity contribution in [3.63, 3.8) is 0 Å². The van der Waals surface area contributed by atoms with Crippen molar-refractivity contribution in [3.8, 4) is 11.1 Å². The van der Waals surface area contributed by atoms with Gasteiger partial charge >= 0.3 is 0 Å². The van der Waals surface area contributed by atoms with Crippen LogP contribution in [0.4, 0.5) is 0 Å². The van der Waals surface area contributed by atoms with Crippen LogP contribution in [-0.4, -0.2) is 33.8 Å². The second-order valence-electron chi connectivity index (χ2n) is 5.02. The third-order valence-electron chi connectivity index (χ3n) is 2.94. The number of benzene rings is 2. The molecule has 0 saturated carbocycles. The van der Waals surface area contributed by atoms with Gasteiger partial charge < -0.3 is 4.90 Å². The zero-order chi connectivity index (χ0) is 15.5. The lowest BCUT2D eigenvalue weighted by Crippen LogP contribution is -2.10. The maximum atomic E-state index is 12.4. The first kappa shape index (κ1) is 15.3. The summed E-state index contributed by atoms with van der Waals surface area (Å²) < 4.78 is 28.4. The summed E-state index contributed by atoms with van der Waals surface area (Å²) >= 11 is 0. The van der Waals surface area contributed by atoms with E-state index >= 15 is 0 Å². The molecular weight excluding hydrogens is 284 g/mol. The Kier molecular flexibility index (Phi) is 4.43. The van der Waals surface area contributed by atoms with E-state index in [1.54, 1.807) is 37.2 Å². The van der Waals surface area contributed by atoms with Crippen LogP contribution in [0.1, 0.15) is 5.56 Å². The first-order chi connectivity index (χ1) is 9.90. The SMILES string of the molecule is Cc1ccc(-c2ccccc2S(=O)(=O)N=CN(C)C)cc1. The molecule has 2 aromatic carbocycles. The van der Waals surface area contributed by atoms with E-state index in [9.17, 15) is 8.42 Å². The van der Waals surface area contributed by atoms with Crippen molar-refractivity contribution in [2.24, 2.45) is 4.40 Å². The minimum Gasteiger partial charge on any atom is -0.368 e. The fourth-order valence-electron chi connectivity index (χ4n) is 1.88. The first-order valence-electron chi connectivity index (χ1n) is 6.53. The van der Waals surface area contributed by atoms with Gasteiger partial charge in [0.2, 0.25) is 0 Å². The van der Waals surface area contributed by atoms with Gasteiger partial charge in [0.15, 0.2) is 0 Å². The fraction of sp³-hybridized carbons (Fsp3) is 0.188. The molecule has 0 saturated heterocycles. The molecule has 0 aliphatic rings. The second-order valence-corrected chi connectivity index (χ2v) is 6.62. The molecule has 2 aromatic rings. The third kappa shape index (κ3) is 3.70. The summed E-state index contributed by atoms with van der Waals surface area (Å²) in [6, 6.07) is 14.7. The van der Waals surface area contributed by atoms with Crippen LogP contribution in [0.15, 0.2) is 57.8 Å². The molecule has 0 amide bonds. The normalized spacial score (nSPS) is 11.8. The first-order valence-corrected chi connectivity index (χ1v) is 7.97. The minimum absolute atomic E-state index is 0.215. The number of nitrogens with zero attached hydrogens (tertiary/aromatic N) is 2. The molecular formula is C16H18N2O2S. The predicted molar refractivity (Wildman–Crippen MR) is 86.0 cm³/mol. The van der Waals surface area contributed by atoms with Gasteiger partial charge in [-0.2, -0.15) is 8.42 Å². The number of rotatable bonds is 4. The third-order valence-corrected chi connectivity index (χ3v) is 4.23. The molecule has 0 aromatic heterocycles. The average Bonchev–Trinajstić information content (AvgIpc) is 2.46. The topological polar surface area (TPSA) is 49.7 Å². The zero-order valence-electron chi connectivity index (χ0n) is 12.3.